The van der Waals surface area contributed by atoms with Crippen molar-refractivity contribution in [2.24, 2.45) is 0 Å². The van der Waals surface area contributed by atoms with Gasteiger partial charge in [-0.05, 0) is 26.8 Å². The Balaban J connectivity index is 2.31. The molecule has 1 rings (SSSR count). The van der Waals surface area contributed by atoms with Crippen molar-refractivity contribution in [3.63, 3.8) is 0 Å². The molecule has 1 unspecified atom stereocenters. The fraction of sp³-hybridized carbons (Fsp3) is 0.909. The molecular weight excluding hydrogens is 192 g/mol. The zero-order valence-corrected chi connectivity index (χ0v) is 9.79. The first-order chi connectivity index (χ1) is 7.27. The minimum absolute atomic E-state index is 0.244. The van der Waals surface area contributed by atoms with Gasteiger partial charge >= 0.3 is 0 Å². The molecule has 0 aliphatic carbocycles. The molecule has 15 heavy (non-hydrogen) atoms. The van der Waals surface area contributed by atoms with Crippen molar-refractivity contribution in [1.82, 2.24) is 10.2 Å². The zero-order chi connectivity index (χ0) is 11.1. The van der Waals surface area contributed by atoms with Gasteiger partial charge in [0.25, 0.3) is 0 Å². The van der Waals surface area contributed by atoms with Crippen molar-refractivity contribution >= 4 is 5.91 Å². The summed E-state index contributed by atoms with van der Waals surface area (Å²) in [5, 5.41) is 3.00. The van der Waals surface area contributed by atoms with Crippen LogP contribution in [0.1, 0.15) is 26.2 Å². The average Bonchev–Trinajstić information content (AvgIpc) is 2.27. The number of piperidine rings is 1. The van der Waals surface area contributed by atoms with Gasteiger partial charge in [0, 0.05) is 32.7 Å². The second-order valence-corrected chi connectivity index (χ2v) is 3.91. The van der Waals surface area contributed by atoms with Gasteiger partial charge in [-0.3, -0.25) is 4.79 Å². The van der Waals surface area contributed by atoms with E-state index >= 15 is 0 Å². The molecule has 1 saturated heterocycles. The average molecular weight is 214 g/mol. The van der Waals surface area contributed by atoms with Gasteiger partial charge in [0.1, 0.15) is 0 Å². The molecule has 1 amide bonds. The van der Waals surface area contributed by atoms with Gasteiger partial charge in [-0.15, -0.1) is 0 Å². The Bertz CT molecular complexity index is 195. The van der Waals surface area contributed by atoms with Crippen LogP contribution in [-0.2, 0) is 9.53 Å². The Morgan fingerprint density at radius 2 is 2.40 bits per heavy atom. The highest BCUT2D eigenvalue weighted by atomic mass is 16.5. The number of hydrogen-bond donors (Lipinski definition) is 1. The first-order valence-corrected chi connectivity index (χ1v) is 5.82. The molecule has 1 aliphatic heterocycles. The monoisotopic (exact) mass is 214 g/mol. The first kappa shape index (κ1) is 12.5. The van der Waals surface area contributed by atoms with Crippen LogP contribution >= 0.6 is 0 Å². The molecule has 1 atom stereocenters. The summed E-state index contributed by atoms with van der Waals surface area (Å²) in [4.78, 5) is 13.7. The Labute approximate surface area is 92.0 Å². The van der Waals surface area contributed by atoms with Gasteiger partial charge in [-0.2, -0.15) is 0 Å². The van der Waals surface area contributed by atoms with Crippen molar-refractivity contribution in [3.8, 4) is 0 Å². The van der Waals surface area contributed by atoms with Crippen LogP contribution in [0.4, 0.5) is 0 Å². The van der Waals surface area contributed by atoms with Crippen molar-refractivity contribution in [3.05, 3.63) is 0 Å². The molecule has 0 saturated carbocycles. The number of likely N-dealkylation sites (tertiary alicyclic amines) is 1. The quantitative estimate of drug-likeness (QED) is 0.729. The SMILES string of the molecule is CCOC1CCCN(C(=O)CCNC)C1. The van der Waals surface area contributed by atoms with Crippen molar-refractivity contribution in [2.75, 3.05) is 33.3 Å². The maximum Gasteiger partial charge on any atom is 0.223 e. The van der Waals surface area contributed by atoms with E-state index in [1.165, 1.54) is 0 Å². The van der Waals surface area contributed by atoms with Crippen LogP contribution in [0.15, 0.2) is 0 Å². The molecule has 88 valence electrons. The largest absolute Gasteiger partial charge is 0.377 e. The minimum Gasteiger partial charge on any atom is -0.377 e. The Kier molecular flexibility index (Phi) is 5.65. The van der Waals surface area contributed by atoms with Gasteiger partial charge in [0.05, 0.1) is 6.10 Å². The summed E-state index contributed by atoms with van der Waals surface area (Å²) in [5.41, 5.74) is 0. The first-order valence-electron chi connectivity index (χ1n) is 5.82. The predicted molar refractivity (Wildman–Crippen MR) is 59.8 cm³/mol. The molecule has 0 spiro atoms. The predicted octanol–water partition coefficient (Wildman–Crippen LogP) is 0.623. The molecular formula is C11H22N2O2. The van der Waals surface area contributed by atoms with Gasteiger partial charge < -0.3 is 15.0 Å². The molecule has 0 aromatic rings. The van der Waals surface area contributed by atoms with Crippen molar-refractivity contribution in [2.45, 2.75) is 32.3 Å². The van der Waals surface area contributed by atoms with Gasteiger partial charge in [0.15, 0.2) is 0 Å². The van der Waals surface area contributed by atoms with E-state index in [0.29, 0.717) is 6.42 Å². The number of ether oxygens (including phenoxy) is 1. The molecule has 0 aromatic heterocycles. The minimum atomic E-state index is 0.244. The van der Waals surface area contributed by atoms with Crippen molar-refractivity contribution < 1.29 is 9.53 Å². The molecule has 4 heteroatoms. The number of carbonyl (C=O) groups excluding carboxylic acids is 1. The normalized spacial score (nSPS) is 21.7. The van der Waals surface area contributed by atoms with E-state index < -0.39 is 0 Å². The van der Waals surface area contributed by atoms with E-state index in [2.05, 4.69) is 5.32 Å². The van der Waals surface area contributed by atoms with Crippen LogP contribution in [0.3, 0.4) is 0 Å². The highest BCUT2D eigenvalue weighted by Crippen LogP contribution is 2.13. The third-order valence-corrected chi connectivity index (χ3v) is 2.72. The second-order valence-electron chi connectivity index (χ2n) is 3.91. The highest BCUT2D eigenvalue weighted by Gasteiger charge is 2.23. The lowest BCUT2D eigenvalue weighted by atomic mass is 10.1. The highest BCUT2D eigenvalue weighted by molar-refractivity contribution is 5.76. The van der Waals surface area contributed by atoms with E-state index in [4.69, 9.17) is 4.74 Å². The lowest BCUT2D eigenvalue weighted by molar-refractivity contribution is -0.135. The van der Waals surface area contributed by atoms with E-state index in [1.54, 1.807) is 0 Å². The number of nitrogens with zero attached hydrogens (tertiary/aromatic N) is 1. The molecule has 1 N–H and O–H groups in total. The summed E-state index contributed by atoms with van der Waals surface area (Å²) in [7, 11) is 1.87. The summed E-state index contributed by atoms with van der Waals surface area (Å²) < 4.78 is 5.56. The second kappa shape index (κ2) is 6.80. The Hall–Kier alpha value is -0.610. The van der Waals surface area contributed by atoms with Crippen LogP contribution in [0.2, 0.25) is 0 Å². The van der Waals surface area contributed by atoms with E-state index in [0.717, 1.165) is 39.1 Å². The molecule has 4 nitrogen and oxygen atoms in total. The summed E-state index contributed by atoms with van der Waals surface area (Å²) in [6.45, 7) is 5.17. The lowest BCUT2D eigenvalue weighted by Gasteiger charge is -2.32. The Morgan fingerprint density at radius 3 is 3.07 bits per heavy atom. The number of hydrogen-bond acceptors (Lipinski definition) is 3. The molecule has 1 heterocycles. The van der Waals surface area contributed by atoms with Crippen molar-refractivity contribution in [1.29, 1.82) is 0 Å². The molecule has 0 aromatic carbocycles. The van der Waals surface area contributed by atoms with Crippen LogP contribution in [0, 0.1) is 0 Å². The maximum absolute atomic E-state index is 11.7. The number of rotatable bonds is 5. The van der Waals surface area contributed by atoms with Crippen LogP contribution in [-0.4, -0.2) is 50.2 Å². The van der Waals surface area contributed by atoms with Crippen LogP contribution in [0.25, 0.3) is 0 Å². The summed E-state index contributed by atoms with van der Waals surface area (Å²) in [6.07, 6.45) is 3.00. The topological polar surface area (TPSA) is 41.6 Å². The fourth-order valence-electron chi connectivity index (χ4n) is 1.93. The maximum atomic E-state index is 11.7. The van der Waals surface area contributed by atoms with Gasteiger partial charge in [0.2, 0.25) is 5.91 Å². The number of nitrogens with one attached hydrogen (secondary N) is 1. The summed E-state index contributed by atoms with van der Waals surface area (Å²) >= 11 is 0. The lowest BCUT2D eigenvalue weighted by Crippen LogP contribution is -2.43. The number of carbonyl (C=O) groups is 1. The van der Waals surface area contributed by atoms with Gasteiger partial charge in [-0.25, -0.2) is 0 Å². The molecule has 0 radical (unpaired) electrons. The van der Waals surface area contributed by atoms with Crippen LogP contribution in [0.5, 0.6) is 0 Å². The smallest absolute Gasteiger partial charge is 0.223 e. The van der Waals surface area contributed by atoms with E-state index in [9.17, 15) is 4.79 Å². The zero-order valence-electron chi connectivity index (χ0n) is 9.79. The third kappa shape index (κ3) is 4.18. The fourth-order valence-corrected chi connectivity index (χ4v) is 1.93. The summed E-state index contributed by atoms with van der Waals surface area (Å²) in [6, 6.07) is 0. The van der Waals surface area contributed by atoms with Crippen LogP contribution < -0.4 is 5.32 Å². The van der Waals surface area contributed by atoms with Gasteiger partial charge in [-0.1, -0.05) is 0 Å². The standard InChI is InChI=1S/C11H22N2O2/c1-3-15-10-5-4-8-13(9-10)11(14)6-7-12-2/h10,12H,3-9H2,1-2H3. The molecule has 0 bridgehead atoms. The molecule has 1 aliphatic rings. The van der Waals surface area contributed by atoms with E-state index in [1.807, 2.05) is 18.9 Å². The summed E-state index contributed by atoms with van der Waals surface area (Å²) in [5.74, 6) is 0.244. The number of amides is 1. The Morgan fingerprint density at radius 1 is 1.60 bits per heavy atom. The molecule has 1 fully saturated rings. The van der Waals surface area contributed by atoms with E-state index in [-0.39, 0.29) is 12.0 Å². The third-order valence-electron chi connectivity index (χ3n) is 2.72.